The SMILES string of the molecule is c1ccc(-c2cc(-c3ccccc3)nc(-c3ccc4c(c3)-c3ccc5ccccc5c3-c3cccc5c3N4c3ccccc3N5c3ccccc3)n2)cc1. The van der Waals surface area contributed by atoms with Gasteiger partial charge in [0.2, 0.25) is 0 Å². The average molecular weight is 689 g/mol. The Balaban J connectivity index is 1.21. The molecule has 11 rings (SSSR count). The van der Waals surface area contributed by atoms with Gasteiger partial charge < -0.3 is 9.80 Å². The topological polar surface area (TPSA) is 32.3 Å². The number of anilines is 6. The number of aromatic nitrogens is 2. The minimum Gasteiger partial charge on any atom is -0.306 e. The van der Waals surface area contributed by atoms with Crippen LogP contribution in [0.1, 0.15) is 0 Å². The lowest BCUT2D eigenvalue weighted by atomic mass is 9.89. The maximum atomic E-state index is 5.23. The van der Waals surface area contributed by atoms with Crippen molar-refractivity contribution in [2.75, 3.05) is 9.80 Å². The quantitative estimate of drug-likeness (QED) is 0.184. The molecular formula is C50H32N4. The molecule has 0 radical (unpaired) electrons. The van der Waals surface area contributed by atoms with Gasteiger partial charge in [-0.2, -0.15) is 0 Å². The molecule has 0 fully saturated rings. The third-order valence-corrected chi connectivity index (χ3v) is 10.7. The molecular weight excluding hydrogens is 657 g/mol. The average Bonchev–Trinajstić information content (AvgIpc) is 3.38. The van der Waals surface area contributed by atoms with Gasteiger partial charge >= 0.3 is 0 Å². The maximum absolute atomic E-state index is 5.23. The molecule has 0 amide bonds. The minimum absolute atomic E-state index is 0.692. The first-order valence-corrected chi connectivity index (χ1v) is 18.3. The maximum Gasteiger partial charge on any atom is 0.160 e. The normalized spacial score (nSPS) is 12.4. The summed E-state index contributed by atoms with van der Waals surface area (Å²) in [6, 6.07) is 69.1. The highest BCUT2D eigenvalue weighted by Crippen LogP contribution is 2.61. The van der Waals surface area contributed by atoms with Gasteiger partial charge in [-0.3, -0.25) is 0 Å². The Labute approximate surface area is 313 Å². The van der Waals surface area contributed by atoms with Crippen LogP contribution in [-0.2, 0) is 0 Å². The lowest BCUT2D eigenvalue weighted by molar-refractivity contribution is 1.17. The minimum atomic E-state index is 0.692. The fourth-order valence-electron chi connectivity index (χ4n) is 8.31. The van der Waals surface area contributed by atoms with Crippen LogP contribution < -0.4 is 9.80 Å². The van der Waals surface area contributed by atoms with E-state index in [0.29, 0.717) is 5.82 Å². The number of nitrogens with zero attached hydrogens (tertiary/aromatic N) is 4. The van der Waals surface area contributed by atoms with E-state index in [0.717, 1.165) is 67.8 Å². The summed E-state index contributed by atoms with van der Waals surface area (Å²) in [5.74, 6) is 0.692. The molecule has 0 N–H and O–H groups in total. The summed E-state index contributed by atoms with van der Waals surface area (Å²) in [4.78, 5) is 15.3. The van der Waals surface area contributed by atoms with Gasteiger partial charge in [0.1, 0.15) is 0 Å². The van der Waals surface area contributed by atoms with Crippen LogP contribution in [0.25, 0.3) is 66.9 Å². The van der Waals surface area contributed by atoms with Crippen LogP contribution in [0.3, 0.4) is 0 Å². The molecule has 4 nitrogen and oxygen atoms in total. The second kappa shape index (κ2) is 12.1. The molecule has 0 atom stereocenters. The second-order valence-corrected chi connectivity index (χ2v) is 13.8. The van der Waals surface area contributed by atoms with Crippen LogP contribution in [0, 0.1) is 0 Å². The van der Waals surface area contributed by atoms with Crippen LogP contribution in [0.4, 0.5) is 34.1 Å². The van der Waals surface area contributed by atoms with E-state index >= 15 is 0 Å². The summed E-state index contributed by atoms with van der Waals surface area (Å²) >= 11 is 0. The van der Waals surface area contributed by atoms with Crippen LogP contribution >= 0.6 is 0 Å². The van der Waals surface area contributed by atoms with Gasteiger partial charge in [-0.1, -0.05) is 140 Å². The van der Waals surface area contributed by atoms with Crippen molar-refractivity contribution in [3.63, 3.8) is 0 Å². The largest absolute Gasteiger partial charge is 0.306 e. The first-order valence-electron chi connectivity index (χ1n) is 18.3. The molecule has 0 saturated carbocycles. The molecule has 3 heterocycles. The molecule has 2 aliphatic heterocycles. The fourth-order valence-corrected chi connectivity index (χ4v) is 8.31. The monoisotopic (exact) mass is 688 g/mol. The molecule has 8 aromatic carbocycles. The van der Waals surface area contributed by atoms with Crippen molar-refractivity contribution in [1.29, 1.82) is 0 Å². The summed E-state index contributed by atoms with van der Waals surface area (Å²) in [6.45, 7) is 0. The lowest BCUT2D eigenvalue weighted by Gasteiger charge is -2.41. The molecule has 9 aromatic rings. The van der Waals surface area contributed by atoms with Gasteiger partial charge in [0, 0.05) is 33.5 Å². The highest BCUT2D eigenvalue weighted by molar-refractivity contribution is 6.17. The third kappa shape index (κ3) is 4.70. The fraction of sp³-hybridized carbons (Fsp3) is 0. The van der Waals surface area contributed by atoms with Gasteiger partial charge in [0.25, 0.3) is 0 Å². The van der Waals surface area contributed by atoms with Crippen LogP contribution in [0.15, 0.2) is 194 Å². The van der Waals surface area contributed by atoms with Crippen LogP contribution in [-0.4, -0.2) is 9.97 Å². The molecule has 0 unspecified atom stereocenters. The zero-order chi connectivity index (χ0) is 35.6. The molecule has 0 saturated heterocycles. The molecule has 252 valence electrons. The Bertz CT molecular complexity index is 2830. The Hall–Kier alpha value is -7.30. The smallest absolute Gasteiger partial charge is 0.160 e. The van der Waals surface area contributed by atoms with E-state index in [4.69, 9.17) is 9.97 Å². The van der Waals surface area contributed by atoms with Gasteiger partial charge in [0.15, 0.2) is 5.82 Å². The van der Waals surface area contributed by atoms with Gasteiger partial charge in [0.05, 0.1) is 39.8 Å². The van der Waals surface area contributed by atoms with E-state index in [-0.39, 0.29) is 0 Å². The van der Waals surface area contributed by atoms with E-state index in [9.17, 15) is 0 Å². The van der Waals surface area contributed by atoms with Crippen LogP contribution in [0.2, 0.25) is 0 Å². The van der Waals surface area contributed by atoms with Gasteiger partial charge in [-0.05, 0) is 76.5 Å². The highest BCUT2D eigenvalue weighted by atomic mass is 15.3. The number of hydrogen-bond donors (Lipinski definition) is 0. The number of para-hydroxylation sites is 4. The second-order valence-electron chi connectivity index (χ2n) is 13.8. The summed E-state index contributed by atoms with van der Waals surface area (Å²) in [6.07, 6.45) is 0. The van der Waals surface area contributed by atoms with Crippen molar-refractivity contribution < 1.29 is 0 Å². The van der Waals surface area contributed by atoms with E-state index in [1.54, 1.807) is 0 Å². The number of fused-ring (bicyclic) bond motifs is 9. The van der Waals surface area contributed by atoms with E-state index < -0.39 is 0 Å². The molecule has 4 heteroatoms. The summed E-state index contributed by atoms with van der Waals surface area (Å²) in [5, 5.41) is 2.43. The molecule has 2 aliphatic rings. The number of hydrogen-bond acceptors (Lipinski definition) is 4. The Morgan fingerprint density at radius 1 is 0.352 bits per heavy atom. The first-order chi connectivity index (χ1) is 26.8. The standard InChI is InChI=1S/C50H32N4/c1-4-16-34(17-5-1)42-32-43(35-18-6-2-7-19-35)52-50(51-42)36-28-30-44-41(31-36)39-29-27-33-15-10-11-22-38(33)48(39)40-23-14-26-47-49(40)54(44)46-25-13-12-24-45(46)53(47)37-20-8-3-9-21-37/h1-32H. The van der Waals surface area contributed by atoms with E-state index in [1.807, 2.05) is 12.1 Å². The Morgan fingerprint density at radius 2 is 0.963 bits per heavy atom. The summed E-state index contributed by atoms with van der Waals surface area (Å²) in [7, 11) is 0. The highest BCUT2D eigenvalue weighted by Gasteiger charge is 2.36. The lowest BCUT2D eigenvalue weighted by Crippen LogP contribution is -2.24. The predicted molar refractivity (Wildman–Crippen MR) is 223 cm³/mol. The van der Waals surface area contributed by atoms with Crippen LogP contribution in [0.5, 0.6) is 0 Å². The first kappa shape index (κ1) is 30.3. The van der Waals surface area contributed by atoms with Crippen molar-refractivity contribution in [3.05, 3.63) is 194 Å². The van der Waals surface area contributed by atoms with Gasteiger partial charge in [-0.15, -0.1) is 0 Å². The summed E-state index contributed by atoms with van der Waals surface area (Å²) < 4.78 is 0. The van der Waals surface area contributed by atoms with Crippen molar-refractivity contribution >= 4 is 44.9 Å². The van der Waals surface area contributed by atoms with Gasteiger partial charge in [-0.25, -0.2) is 9.97 Å². The predicted octanol–water partition coefficient (Wildman–Crippen LogP) is 13.5. The number of rotatable bonds is 4. The summed E-state index contributed by atoms with van der Waals surface area (Å²) in [5.41, 5.74) is 16.4. The third-order valence-electron chi connectivity index (χ3n) is 10.7. The van der Waals surface area contributed by atoms with E-state index in [2.05, 4.69) is 192 Å². The molecule has 0 aliphatic carbocycles. The Kier molecular flexibility index (Phi) is 6.82. The molecule has 1 aromatic heterocycles. The molecule has 0 bridgehead atoms. The van der Waals surface area contributed by atoms with E-state index in [1.165, 1.54) is 27.5 Å². The number of benzene rings is 8. The zero-order valence-corrected chi connectivity index (χ0v) is 29.3. The van der Waals surface area contributed by atoms with Crippen molar-refractivity contribution in [1.82, 2.24) is 9.97 Å². The van der Waals surface area contributed by atoms with Crippen molar-refractivity contribution in [2.45, 2.75) is 0 Å². The molecule has 0 spiro atoms. The molecule has 54 heavy (non-hydrogen) atoms. The van der Waals surface area contributed by atoms with Crippen molar-refractivity contribution in [3.8, 4) is 56.2 Å². The zero-order valence-electron chi connectivity index (χ0n) is 29.3. The Morgan fingerprint density at radius 3 is 1.69 bits per heavy atom. The van der Waals surface area contributed by atoms with Crippen molar-refractivity contribution in [2.24, 2.45) is 0 Å².